The molecule has 1 aliphatic heterocycles. The number of hydrogen-bond acceptors (Lipinski definition) is 5. The van der Waals surface area contributed by atoms with E-state index < -0.39 is 25.0 Å². The number of hydrogen-bond donors (Lipinski definition) is 1. The Balaban J connectivity index is 1.48. The lowest BCUT2D eigenvalue weighted by molar-refractivity contribution is 0.460. The topological polar surface area (TPSA) is 66.5 Å². The molecule has 29 heavy (non-hydrogen) atoms. The van der Waals surface area contributed by atoms with E-state index in [-0.39, 0.29) is 5.75 Å². The monoisotopic (exact) mass is 398 g/mol. The minimum Gasteiger partial charge on any atom is -0.508 e. The van der Waals surface area contributed by atoms with Crippen molar-refractivity contribution in [3.05, 3.63) is 65.3 Å². The Labute approximate surface area is 177 Å². The van der Waals surface area contributed by atoms with Crippen molar-refractivity contribution in [2.75, 3.05) is 36.0 Å². The van der Waals surface area contributed by atoms with Crippen LogP contribution in [0.5, 0.6) is 5.75 Å². The first-order valence-electron chi connectivity index (χ1n) is 12.1. The summed E-state index contributed by atoms with van der Waals surface area (Å²) < 4.78 is 40.9. The molecule has 3 aromatic rings. The van der Waals surface area contributed by atoms with E-state index in [9.17, 15) is 9.90 Å². The number of aromatic hydroxyl groups is 1. The molecule has 1 saturated heterocycles. The van der Waals surface area contributed by atoms with E-state index in [1.807, 2.05) is 24.3 Å². The Morgan fingerprint density at radius 3 is 2.10 bits per heavy atom. The van der Waals surface area contributed by atoms with Crippen LogP contribution in [0.1, 0.15) is 33.0 Å². The molecule has 1 unspecified atom stereocenters. The van der Waals surface area contributed by atoms with Crippen molar-refractivity contribution in [3.8, 4) is 11.4 Å². The molecule has 1 aromatic heterocycles. The van der Waals surface area contributed by atoms with Gasteiger partial charge >= 0.3 is 5.69 Å². The van der Waals surface area contributed by atoms with Crippen molar-refractivity contribution in [3.63, 3.8) is 0 Å². The van der Waals surface area contributed by atoms with Gasteiger partial charge in [0.15, 0.2) is 0 Å². The normalized spacial score (nSPS) is 19.7. The van der Waals surface area contributed by atoms with Crippen molar-refractivity contribution >= 4 is 11.4 Å². The fraction of sp³-hybridized carbons (Fsp3) is 0.364. The third-order valence-electron chi connectivity index (χ3n) is 5.18. The highest BCUT2D eigenvalue weighted by Crippen LogP contribution is 2.23. The number of phenols is 1. The summed E-state index contributed by atoms with van der Waals surface area (Å²) in [6.45, 7) is 2.47. The van der Waals surface area contributed by atoms with Crippen molar-refractivity contribution in [2.45, 2.75) is 26.2 Å². The minimum absolute atomic E-state index is 0.246. The highest BCUT2D eigenvalue weighted by Gasteiger charge is 2.18. The Morgan fingerprint density at radius 2 is 1.55 bits per heavy atom. The number of aromatic nitrogens is 3. The molecule has 0 saturated carbocycles. The lowest BCUT2D eigenvalue weighted by Crippen LogP contribution is -2.46. The van der Waals surface area contributed by atoms with Gasteiger partial charge in [0.25, 0.3) is 0 Å². The van der Waals surface area contributed by atoms with E-state index in [1.165, 1.54) is 10.9 Å². The lowest BCUT2D eigenvalue weighted by atomic mass is 10.2. The quantitative estimate of drug-likeness (QED) is 0.716. The number of benzene rings is 2. The molecule has 1 atom stereocenters. The van der Waals surface area contributed by atoms with Gasteiger partial charge in [0.2, 0.25) is 0 Å². The van der Waals surface area contributed by atoms with Crippen LogP contribution in [0, 0.1) is 0 Å². The van der Waals surface area contributed by atoms with Gasteiger partial charge in [0, 0.05) is 43.0 Å². The molecule has 7 heteroatoms. The summed E-state index contributed by atoms with van der Waals surface area (Å²) in [6.07, 6.45) is -1.39. The van der Waals surface area contributed by atoms with E-state index in [4.69, 9.17) is 6.85 Å². The second-order valence-corrected chi connectivity index (χ2v) is 6.93. The molecule has 7 nitrogen and oxygen atoms in total. The van der Waals surface area contributed by atoms with Crippen LogP contribution in [0.4, 0.5) is 11.4 Å². The van der Waals surface area contributed by atoms with E-state index in [0.717, 1.165) is 44.5 Å². The summed E-state index contributed by atoms with van der Waals surface area (Å²) in [5.41, 5.74) is 1.88. The molecule has 1 fully saturated rings. The van der Waals surface area contributed by atoms with Crippen LogP contribution < -0.4 is 15.5 Å². The maximum atomic E-state index is 12.9. The molecular weight excluding hydrogens is 366 g/mol. The van der Waals surface area contributed by atoms with Crippen LogP contribution in [0.15, 0.2) is 59.7 Å². The summed E-state index contributed by atoms with van der Waals surface area (Å²) in [5, 5.41) is 13.4. The van der Waals surface area contributed by atoms with Gasteiger partial charge in [-0.1, -0.05) is 6.88 Å². The number of rotatable bonds is 5. The van der Waals surface area contributed by atoms with Gasteiger partial charge in [-0.05, 0) is 61.8 Å². The van der Waals surface area contributed by atoms with Gasteiger partial charge in [-0.2, -0.15) is 5.10 Å². The molecule has 0 amide bonds. The van der Waals surface area contributed by atoms with E-state index in [2.05, 4.69) is 14.9 Å². The van der Waals surface area contributed by atoms with Crippen LogP contribution in [-0.2, 0) is 0 Å². The average molecular weight is 399 g/mol. The Morgan fingerprint density at radius 1 is 1.03 bits per heavy atom. The van der Waals surface area contributed by atoms with Gasteiger partial charge < -0.3 is 14.9 Å². The number of nitrogens with zero attached hydrogens (tertiary/aromatic N) is 5. The largest absolute Gasteiger partial charge is 0.508 e. The maximum absolute atomic E-state index is 12.9. The van der Waals surface area contributed by atoms with Crippen LogP contribution in [0.25, 0.3) is 5.69 Å². The Bertz CT molecular complexity index is 1180. The zero-order valence-corrected chi connectivity index (χ0v) is 16.2. The zero-order valence-electron chi connectivity index (χ0n) is 21.2. The van der Waals surface area contributed by atoms with Gasteiger partial charge in [-0.15, -0.1) is 0 Å². The third-order valence-corrected chi connectivity index (χ3v) is 5.18. The number of phenolic OH excluding ortho intramolecular Hbond substituents is 1. The lowest BCUT2D eigenvalue weighted by Gasteiger charge is -2.37. The van der Waals surface area contributed by atoms with E-state index in [0.29, 0.717) is 10.4 Å². The first-order valence-corrected chi connectivity index (χ1v) is 9.43. The van der Waals surface area contributed by atoms with E-state index >= 15 is 0 Å². The van der Waals surface area contributed by atoms with Crippen LogP contribution >= 0.6 is 0 Å². The molecular formula is C22H27N5O2. The van der Waals surface area contributed by atoms with Gasteiger partial charge in [0.1, 0.15) is 12.1 Å². The maximum Gasteiger partial charge on any atom is 0.350 e. The van der Waals surface area contributed by atoms with Gasteiger partial charge in [-0.25, -0.2) is 14.0 Å². The minimum atomic E-state index is -2.61. The third kappa shape index (κ3) is 3.85. The molecule has 2 heterocycles. The molecule has 0 aliphatic carbocycles. The zero-order chi connectivity index (χ0) is 24.7. The second-order valence-electron chi connectivity index (χ2n) is 6.93. The highest BCUT2D eigenvalue weighted by atomic mass is 16.3. The van der Waals surface area contributed by atoms with Crippen LogP contribution in [0.3, 0.4) is 0 Å². The fourth-order valence-electron chi connectivity index (χ4n) is 3.48. The highest BCUT2D eigenvalue weighted by molar-refractivity contribution is 5.54. The molecule has 152 valence electrons. The summed E-state index contributed by atoms with van der Waals surface area (Å²) in [7, 11) is 0. The molecule has 4 rings (SSSR count). The van der Waals surface area contributed by atoms with Gasteiger partial charge in [0.05, 0.1) is 13.1 Å². The van der Waals surface area contributed by atoms with Crippen molar-refractivity contribution in [1.29, 1.82) is 0 Å². The standard InChI is InChI=1S/C22H27N5O2/c1-3-17(2)27-22(29)26(16-23-27)20-6-4-18(5-7-20)24-12-14-25(15-13-24)19-8-10-21(28)11-9-19/h4-11,16-17,28H,3,12-15H2,1-2H3/i1D2,3D2,17D. The average Bonchev–Trinajstić information content (AvgIpc) is 3.21. The number of piperazine rings is 1. The Kier molecular flexibility index (Phi) is 3.84. The molecule has 0 spiro atoms. The summed E-state index contributed by atoms with van der Waals surface area (Å²) >= 11 is 0. The molecule has 0 radical (unpaired) electrons. The molecule has 2 aromatic carbocycles. The predicted octanol–water partition coefficient (Wildman–Crippen LogP) is 3.04. The smallest absolute Gasteiger partial charge is 0.350 e. The SMILES string of the molecule is [2H]C([2H])C([2H])([2H])C([2H])(C)n1ncn(-c2ccc(N3CCN(c4ccc(O)cc4)CC3)cc2)c1=O. The Hall–Kier alpha value is -3.22. The summed E-state index contributed by atoms with van der Waals surface area (Å²) in [4.78, 5) is 17.4. The van der Waals surface area contributed by atoms with E-state index in [1.54, 1.807) is 24.3 Å². The first-order chi connectivity index (χ1) is 16.0. The second kappa shape index (κ2) is 8.03. The molecule has 0 bridgehead atoms. The number of anilines is 2. The molecule has 1 N–H and O–H groups in total. The van der Waals surface area contributed by atoms with Gasteiger partial charge in [-0.3, -0.25) is 0 Å². The summed E-state index contributed by atoms with van der Waals surface area (Å²) in [5.74, 6) is 0.246. The predicted molar refractivity (Wildman–Crippen MR) is 115 cm³/mol. The van der Waals surface area contributed by atoms with Crippen molar-refractivity contribution in [1.82, 2.24) is 14.3 Å². The van der Waals surface area contributed by atoms with Crippen molar-refractivity contribution in [2.24, 2.45) is 0 Å². The van der Waals surface area contributed by atoms with Crippen molar-refractivity contribution < 1.29 is 12.0 Å². The molecule has 1 aliphatic rings. The summed E-state index contributed by atoms with van der Waals surface area (Å²) in [6, 6.07) is 12.3. The van der Waals surface area contributed by atoms with Crippen LogP contribution in [0.2, 0.25) is 0 Å². The van der Waals surface area contributed by atoms with Crippen LogP contribution in [-0.4, -0.2) is 45.6 Å². The fourth-order valence-corrected chi connectivity index (χ4v) is 3.48. The first kappa shape index (κ1) is 13.9.